The number of nitrogens with zero attached hydrogens (tertiary/aromatic N) is 1. The van der Waals surface area contributed by atoms with Crippen molar-refractivity contribution in [1.82, 2.24) is 21.3 Å². The minimum atomic E-state index is -1.31. The van der Waals surface area contributed by atoms with Gasteiger partial charge in [-0.25, -0.2) is 4.79 Å². The second kappa shape index (κ2) is 16.6. The van der Waals surface area contributed by atoms with E-state index < -0.39 is 54.3 Å². The average Bonchev–Trinajstić information content (AvgIpc) is 3.35. The Kier molecular flexibility index (Phi) is 14.3. The van der Waals surface area contributed by atoms with Crippen molar-refractivity contribution in [2.24, 2.45) is 16.5 Å². The first-order valence-corrected chi connectivity index (χ1v) is 13.1. The third-order valence-corrected chi connectivity index (χ3v) is 6.10. The van der Waals surface area contributed by atoms with Crippen molar-refractivity contribution in [3.05, 3.63) is 0 Å². The molecule has 15 heteroatoms. The van der Waals surface area contributed by atoms with Gasteiger partial charge in [-0.1, -0.05) is 0 Å². The molecule has 1 rings (SSSR count). The summed E-state index contributed by atoms with van der Waals surface area (Å²) in [5.41, 5.74) is 10.5. The molecule has 0 aromatic carbocycles. The smallest absolute Gasteiger partial charge is 0.326 e. The quantitative estimate of drug-likeness (QED) is 0.0577. The zero-order valence-corrected chi connectivity index (χ0v) is 21.1. The van der Waals surface area contributed by atoms with Gasteiger partial charge in [0, 0.05) is 13.0 Å². The second-order valence-corrected chi connectivity index (χ2v) is 9.32. The fourth-order valence-corrected chi connectivity index (χ4v) is 4.00. The third kappa shape index (κ3) is 12.1. The number of aliphatic carboxylic acids is 2. The van der Waals surface area contributed by atoms with E-state index in [2.05, 4.69) is 26.3 Å². The number of rotatable bonds is 17. The number of aliphatic imine (C=N–C) groups is 1. The van der Waals surface area contributed by atoms with E-state index in [1.807, 2.05) is 6.26 Å². The maximum absolute atomic E-state index is 13.0. The molecule has 0 bridgehead atoms. The first kappa shape index (κ1) is 31.0. The molecule has 1 fully saturated rings. The molecule has 0 radical (unpaired) electrons. The SMILES string of the molecule is CSCCC(NC(=O)C1CCCN1)C(=O)NC(CCC(=O)O)C(=O)NC(CCCN=C(N)N)C(=O)O. The van der Waals surface area contributed by atoms with Gasteiger partial charge in [-0.3, -0.25) is 24.2 Å². The largest absolute Gasteiger partial charge is 0.481 e. The topological polar surface area (TPSA) is 238 Å². The lowest BCUT2D eigenvalue weighted by molar-refractivity contribution is -0.143. The van der Waals surface area contributed by atoms with Gasteiger partial charge in [0.05, 0.1) is 6.04 Å². The monoisotopic (exact) mass is 531 g/mol. The summed E-state index contributed by atoms with van der Waals surface area (Å²) >= 11 is 1.47. The summed E-state index contributed by atoms with van der Waals surface area (Å²) in [4.78, 5) is 64.9. The van der Waals surface area contributed by atoms with Crippen molar-refractivity contribution in [1.29, 1.82) is 0 Å². The van der Waals surface area contributed by atoms with Gasteiger partial charge in [-0.15, -0.1) is 0 Å². The van der Waals surface area contributed by atoms with Gasteiger partial charge in [-0.2, -0.15) is 11.8 Å². The predicted molar refractivity (Wildman–Crippen MR) is 134 cm³/mol. The van der Waals surface area contributed by atoms with Gasteiger partial charge in [0.15, 0.2) is 5.96 Å². The minimum Gasteiger partial charge on any atom is -0.481 e. The molecule has 3 amide bonds. The van der Waals surface area contributed by atoms with Crippen LogP contribution in [0.25, 0.3) is 0 Å². The number of nitrogens with one attached hydrogen (secondary N) is 4. The van der Waals surface area contributed by atoms with Crippen LogP contribution in [0, 0.1) is 0 Å². The van der Waals surface area contributed by atoms with Crippen molar-refractivity contribution in [2.45, 2.75) is 69.1 Å². The molecule has 0 aromatic rings. The van der Waals surface area contributed by atoms with Crippen LogP contribution in [0.5, 0.6) is 0 Å². The van der Waals surface area contributed by atoms with Crippen LogP contribution in [0.3, 0.4) is 0 Å². The molecule has 1 aliphatic heterocycles. The molecule has 4 unspecified atom stereocenters. The van der Waals surface area contributed by atoms with Crippen LogP contribution in [0.2, 0.25) is 0 Å². The molecule has 1 heterocycles. The normalized spacial score (nSPS) is 17.3. The summed E-state index contributed by atoms with van der Waals surface area (Å²) in [6.07, 6.45) is 3.20. The average molecular weight is 532 g/mol. The maximum atomic E-state index is 13.0. The van der Waals surface area contributed by atoms with Crippen molar-refractivity contribution < 1.29 is 34.2 Å². The van der Waals surface area contributed by atoms with Crippen LogP contribution < -0.4 is 32.7 Å². The molecule has 0 spiro atoms. The number of carboxylic acid groups (broad SMARTS) is 2. The fraction of sp³-hybridized carbons (Fsp3) is 0.714. The number of carbonyl (C=O) groups excluding carboxylic acids is 3. The molecular weight excluding hydrogens is 494 g/mol. The Morgan fingerprint density at radius 3 is 2.17 bits per heavy atom. The molecule has 0 aliphatic carbocycles. The number of hydrogen-bond acceptors (Lipinski definition) is 8. The summed E-state index contributed by atoms with van der Waals surface area (Å²) in [6, 6.07) is -3.96. The molecule has 1 saturated heterocycles. The first-order valence-electron chi connectivity index (χ1n) is 11.7. The lowest BCUT2D eigenvalue weighted by atomic mass is 10.1. The summed E-state index contributed by atoms with van der Waals surface area (Å²) in [5.74, 6) is -3.90. The number of amides is 3. The van der Waals surface area contributed by atoms with Crippen molar-refractivity contribution in [2.75, 3.05) is 25.1 Å². The Morgan fingerprint density at radius 2 is 1.64 bits per heavy atom. The zero-order valence-electron chi connectivity index (χ0n) is 20.3. The molecule has 36 heavy (non-hydrogen) atoms. The number of guanidine groups is 1. The lowest BCUT2D eigenvalue weighted by Gasteiger charge is -2.25. The summed E-state index contributed by atoms with van der Waals surface area (Å²) < 4.78 is 0. The first-order chi connectivity index (χ1) is 17.0. The van der Waals surface area contributed by atoms with E-state index in [4.69, 9.17) is 16.6 Å². The predicted octanol–water partition coefficient (Wildman–Crippen LogP) is -2.05. The van der Waals surface area contributed by atoms with E-state index in [1.165, 1.54) is 11.8 Å². The number of carbonyl (C=O) groups is 5. The van der Waals surface area contributed by atoms with Crippen molar-refractivity contribution in [3.8, 4) is 0 Å². The Labute approximate surface area is 213 Å². The Morgan fingerprint density at radius 1 is 1.00 bits per heavy atom. The Hall–Kier alpha value is -3.07. The van der Waals surface area contributed by atoms with Crippen LogP contribution >= 0.6 is 11.8 Å². The van der Waals surface area contributed by atoms with E-state index in [-0.39, 0.29) is 37.7 Å². The van der Waals surface area contributed by atoms with Crippen LogP contribution in [0.4, 0.5) is 0 Å². The van der Waals surface area contributed by atoms with E-state index in [9.17, 15) is 29.1 Å². The zero-order chi connectivity index (χ0) is 27.1. The minimum absolute atomic E-state index is 0.0121. The Bertz CT molecular complexity index is 801. The standard InChI is InChI=1S/C21H37N7O7S/c1-36-11-8-14(27-17(31)12-4-2-9-24-12)19(33)26-13(6-7-16(29)30)18(32)28-15(20(34)35)5-3-10-25-21(22)23/h12-15,24H,2-11H2,1H3,(H,26,33)(H,27,31)(H,28,32)(H,29,30)(H,34,35)(H4,22,23,25). The highest BCUT2D eigenvalue weighted by Crippen LogP contribution is 2.09. The molecule has 204 valence electrons. The molecule has 0 saturated carbocycles. The number of nitrogens with two attached hydrogens (primary N) is 2. The van der Waals surface area contributed by atoms with Gasteiger partial charge < -0.3 is 42.9 Å². The van der Waals surface area contributed by atoms with Crippen LogP contribution in [0.1, 0.15) is 44.9 Å². The highest BCUT2D eigenvalue weighted by molar-refractivity contribution is 7.98. The molecule has 0 aromatic heterocycles. The fourth-order valence-electron chi connectivity index (χ4n) is 3.53. The molecular formula is C21H37N7O7S. The molecule has 1 aliphatic rings. The lowest BCUT2D eigenvalue weighted by Crippen LogP contribution is -2.57. The van der Waals surface area contributed by atoms with Gasteiger partial charge in [0.25, 0.3) is 0 Å². The third-order valence-electron chi connectivity index (χ3n) is 5.46. The van der Waals surface area contributed by atoms with E-state index in [1.54, 1.807) is 0 Å². The van der Waals surface area contributed by atoms with Crippen LogP contribution in [0.15, 0.2) is 4.99 Å². The van der Waals surface area contributed by atoms with Gasteiger partial charge in [0.1, 0.15) is 18.1 Å². The van der Waals surface area contributed by atoms with Crippen molar-refractivity contribution in [3.63, 3.8) is 0 Å². The second-order valence-electron chi connectivity index (χ2n) is 8.33. The summed E-state index contributed by atoms with van der Waals surface area (Å²) in [6.45, 7) is 0.863. The number of hydrogen-bond donors (Lipinski definition) is 8. The molecule has 10 N–H and O–H groups in total. The number of carboxylic acids is 2. The van der Waals surface area contributed by atoms with E-state index in [0.717, 1.165) is 6.42 Å². The van der Waals surface area contributed by atoms with Crippen molar-refractivity contribution >= 4 is 47.4 Å². The van der Waals surface area contributed by atoms with Crippen LogP contribution in [-0.4, -0.2) is 95.1 Å². The number of thioether (sulfide) groups is 1. The van der Waals surface area contributed by atoms with Gasteiger partial charge >= 0.3 is 11.9 Å². The summed E-state index contributed by atoms with van der Waals surface area (Å²) in [7, 11) is 0. The highest BCUT2D eigenvalue weighted by atomic mass is 32.2. The maximum Gasteiger partial charge on any atom is 0.326 e. The highest BCUT2D eigenvalue weighted by Gasteiger charge is 2.31. The van der Waals surface area contributed by atoms with E-state index >= 15 is 0 Å². The molecule has 14 nitrogen and oxygen atoms in total. The molecule has 4 atom stereocenters. The Balaban J connectivity index is 2.89. The van der Waals surface area contributed by atoms with Gasteiger partial charge in [-0.05, 0) is 57.1 Å². The van der Waals surface area contributed by atoms with E-state index in [0.29, 0.717) is 25.1 Å². The summed E-state index contributed by atoms with van der Waals surface area (Å²) in [5, 5.41) is 29.1. The van der Waals surface area contributed by atoms with Crippen LogP contribution in [-0.2, 0) is 24.0 Å². The van der Waals surface area contributed by atoms with Gasteiger partial charge in [0.2, 0.25) is 17.7 Å².